The average Bonchev–Trinajstić information content (AvgIpc) is 2.65. The van der Waals surface area contributed by atoms with Crippen molar-refractivity contribution in [1.29, 1.82) is 0 Å². The summed E-state index contributed by atoms with van der Waals surface area (Å²) in [5, 5.41) is 10.4. The van der Waals surface area contributed by atoms with E-state index in [9.17, 15) is 5.11 Å². The molecule has 3 nitrogen and oxygen atoms in total. The maximum Gasteiger partial charge on any atom is 0.168 e. The fraction of sp³-hybridized carbons (Fsp3) is 0.182. The van der Waals surface area contributed by atoms with Gasteiger partial charge in [0, 0.05) is 5.56 Å². The van der Waals surface area contributed by atoms with Crippen molar-refractivity contribution in [2.75, 3.05) is 0 Å². The number of rotatable bonds is 6. The van der Waals surface area contributed by atoms with Crippen LogP contribution in [0.2, 0.25) is 0 Å². The Kier molecular flexibility index (Phi) is 5.24. The first-order valence-electron chi connectivity index (χ1n) is 8.32. The van der Waals surface area contributed by atoms with Crippen LogP contribution in [0.25, 0.3) is 0 Å². The number of phenols is 1. The summed E-state index contributed by atoms with van der Waals surface area (Å²) in [7, 11) is 0. The number of phenolic OH excluding ortho intramolecular Hbond substituents is 1. The Morgan fingerprint density at radius 2 is 1.28 bits per heavy atom. The van der Waals surface area contributed by atoms with E-state index in [1.807, 2.05) is 80.6 Å². The van der Waals surface area contributed by atoms with Gasteiger partial charge in [0.1, 0.15) is 19.0 Å². The van der Waals surface area contributed by atoms with Crippen LogP contribution in [0.15, 0.2) is 66.7 Å². The number of aryl methyl sites for hydroxylation is 1. The van der Waals surface area contributed by atoms with Gasteiger partial charge in [0.2, 0.25) is 0 Å². The van der Waals surface area contributed by atoms with E-state index in [0.29, 0.717) is 19.0 Å². The Labute approximate surface area is 148 Å². The third kappa shape index (κ3) is 4.13. The molecule has 0 heterocycles. The van der Waals surface area contributed by atoms with Crippen molar-refractivity contribution < 1.29 is 14.6 Å². The molecule has 25 heavy (non-hydrogen) atoms. The largest absolute Gasteiger partial charge is 0.504 e. The van der Waals surface area contributed by atoms with Crippen LogP contribution >= 0.6 is 0 Å². The topological polar surface area (TPSA) is 38.7 Å². The van der Waals surface area contributed by atoms with Crippen molar-refractivity contribution >= 4 is 0 Å². The number of benzene rings is 3. The van der Waals surface area contributed by atoms with Gasteiger partial charge < -0.3 is 14.6 Å². The first-order valence-corrected chi connectivity index (χ1v) is 8.32. The highest BCUT2D eigenvalue weighted by atomic mass is 16.5. The Morgan fingerprint density at radius 3 is 1.84 bits per heavy atom. The standard InChI is InChI=1S/C22H22O3/c1-16-13-20(24-14-18-9-5-3-6-10-18)17(2)22(21(16)23)25-15-19-11-7-4-8-12-19/h3-13,23H,14-15H2,1-2H3. The van der Waals surface area contributed by atoms with E-state index in [1.165, 1.54) is 0 Å². The average molecular weight is 334 g/mol. The van der Waals surface area contributed by atoms with E-state index in [0.717, 1.165) is 28.0 Å². The summed E-state index contributed by atoms with van der Waals surface area (Å²) in [5.41, 5.74) is 3.68. The zero-order valence-corrected chi connectivity index (χ0v) is 14.5. The van der Waals surface area contributed by atoms with Gasteiger partial charge in [0.25, 0.3) is 0 Å². The van der Waals surface area contributed by atoms with Gasteiger partial charge in [-0.1, -0.05) is 60.7 Å². The zero-order valence-electron chi connectivity index (χ0n) is 14.5. The third-order valence-electron chi connectivity index (χ3n) is 4.11. The zero-order chi connectivity index (χ0) is 17.6. The Hall–Kier alpha value is -2.94. The maximum atomic E-state index is 10.4. The van der Waals surface area contributed by atoms with Crippen LogP contribution in [0.1, 0.15) is 22.3 Å². The molecule has 0 unspecified atom stereocenters. The summed E-state index contributed by atoms with van der Waals surface area (Å²) >= 11 is 0. The smallest absolute Gasteiger partial charge is 0.168 e. The third-order valence-corrected chi connectivity index (χ3v) is 4.11. The van der Waals surface area contributed by atoms with Gasteiger partial charge in [0.15, 0.2) is 11.5 Å². The summed E-state index contributed by atoms with van der Waals surface area (Å²) in [6.45, 7) is 4.63. The van der Waals surface area contributed by atoms with Gasteiger partial charge in [-0.25, -0.2) is 0 Å². The van der Waals surface area contributed by atoms with E-state index >= 15 is 0 Å². The van der Waals surface area contributed by atoms with Gasteiger partial charge in [0.05, 0.1) is 0 Å². The molecule has 3 aromatic carbocycles. The van der Waals surface area contributed by atoms with E-state index in [2.05, 4.69) is 0 Å². The number of hydrogen-bond donors (Lipinski definition) is 1. The molecular weight excluding hydrogens is 312 g/mol. The lowest BCUT2D eigenvalue weighted by Gasteiger charge is -2.17. The molecule has 0 atom stereocenters. The van der Waals surface area contributed by atoms with Gasteiger partial charge in [-0.3, -0.25) is 0 Å². The SMILES string of the molecule is Cc1cc(OCc2ccccc2)c(C)c(OCc2ccccc2)c1O. The Balaban J connectivity index is 1.79. The van der Waals surface area contributed by atoms with Crippen LogP contribution in [0.5, 0.6) is 17.2 Å². The van der Waals surface area contributed by atoms with Crippen LogP contribution in [0.3, 0.4) is 0 Å². The lowest BCUT2D eigenvalue weighted by Crippen LogP contribution is -2.02. The minimum atomic E-state index is 0.167. The normalized spacial score (nSPS) is 10.5. The molecule has 3 aromatic rings. The fourth-order valence-electron chi connectivity index (χ4n) is 2.63. The van der Waals surface area contributed by atoms with Gasteiger partial charge in [-0.05, 0) is 36.6 Å². The molecule has 0 aliphatic carbocycles. The fourth-order valence-corrected chi connectivity index (χ4v) is 2.63. The molecule has 1 N–H and O–H groups in total. The van der Waals surface area contributed by atoms with Crippen molar-refractivity contribution in [2.45, 2.75) is 27.1 Å². The quantitative estimate of drug-likeness (QED) is 0.676. The van der Waals surface area contributed by atoms with E-state index in [-0.39, 0.29) is 5.75 Å². The van der Waals surface area contributed by atoms with Crippen molar-refractivity contribution in [3.05, 3.63) is 89.0 Å². The van der Waals surface area contributed by atoms with Gasteiger partial charge >= 0.3 is 0 Å². The lowest BCUT2D eigenvalue weighted by molar-refractivity contribution is 0.273. The summed E-state index contributed by atoms with van der Waals surface area (Å²) < 4.78 is 11.9. The van der Waals surface area contributed by atoms with Crippen LogP contribution in [0.4, 0.5) is 0 Å². The molecule has 0 spiro atoms. The predicted molar refractivity (Wildman–Crippen MR) is 99.1 cm³/mol. The minimum Gasteiger partial charge on any atom is -0.504 e. The first kappa shape index (κ1) is 16.9. The molecule has 0 saturated carbocycles. The second kappa shape index (κ2) is 7.75. The Morgan fingerprint density at radius 1 is 0.760 bits per heavy atom. The second-order valence-electron chi connectivity index (χ2n) is 6.04. The second-order valence-corrected chi connectivity index (χ2v) is 6.04. The summed E-state index contributed by atoms with van der Waals surface area (Å²) in [6.07, 6.45) is 0. The highest BCUT2D eigenvalue weighted by Gasteiger charge is 2.15. The molecule has 0 radical (unpaired) electrons. The van der Waals surface area contributed by atoms with Gasteiger partial charge in [-0.2, -0.15) is 0 Å². The van der Waals surface area contributed by atoms with Crippen molar-refractivity contribution in [3.63, 3.8) is 0 Å². The van der Waals surface area contributed by atoms with Crippen molar-refractivity contribution in [2.24, 2.45) is 0 Å². The molecule has 3 heteroatoms. The monoisotopic (exact) mass is 334 g/mol. The number of aromatic hydroxyl groups is 1. The van der Waals surface area contributed by atoms with Crippen molar-refractivity contribution in [1.82, 2.24) is 0 Å². The highest BCUT2D eigenvalue weighted by molar-refractivity contribution is 5.56. The van der Waals surface area contributed by atoms with E-state index in [4.69, 9.17) is 9.47 Å². The Bertz CT molecular complexity index is 827. The molecule has 0 amide bonds. The summed E-state index contributed by atoms with van der Waals surface area (Å²) in [4.78, 5) is 0. The molecule has 0 aromatic heterocycles. The highest BCUT2D eigenvalue weighted by Crippen LogP contribution is 2.40. The summed E-state index contributed by atoms with van der Waals surface area (Å²) in [6, 6.07) is 21.7. The van der Waals surface area contributed by atoms with Crippen LogP contribution < -0.4 is 9.47 Å². The minimum absolute atomic E-state index is 0.167. The summed E-state index contributed by atoms with van der Waals surface area (Å²) in [5.74, 6) is 1.37. The molecule has 0 fully saturated rings. The van der Waals surface area contributed by atoms with Crippen LogP contribution in [-0.2, 0) is 13.2 Å². The maximum absolute atomic E-state index is 10.4. The van der Waals surface area contributed by atoms with Crippen LogP contribution in [-0.4, -0.2) is 5.11 Å². The van der Waals surface area contributed by atoms with E-state index < -0.39 is 0 Å². The van der Waals surface area contributed by atoms with Crippen molar-refractivity contribution in [3.8, 4) is 17.2 Å². The molecule has 128 valence electrons. The molecule has 0 aliphatic rings. The molecular formula is C22H22O3. The number of hydrogen-bond acceptors (Lipinski definition) is 3. The predicted octanol–water partition coefficient (Wildman–Crippen LogP) is 5.17. The van der Waals surface area contributed by atoms with E-state index in [1.54, 1.807) is 0 Å². The first-order chi connectivity index (χ1) is 12.1. The lowest BCUT2D eigenvalue weighted by atomic mass is 10.1. The van der Waals surface area contributed by atoms with Crippen LogP contribution in [0, 0.1) is 13.8 Å². The molecule has 0 saturated heterocycles. The number of ether oxygens (including phenoxy) is 2. The van der Waals surface area contributed by atoms with Gasteiger partial charge in [-0.15, -0.1) is 0 Å². The molecule has 0 bridgehead atoms. The molecule has 0 aliphatic heterocycles. The molecule has 3 rings (SSSR count).